The van der Waals surface area contributed by atoms with E-state index in [-0.39, 0.29) is 12.3 Å². The fraction of sp³-hybridized carbons (Fsp3) is 0.238. The third-order valence-corrected chi connectivity index (χ3v) is 10.0. The van der Waals surface area contributed by atoms with E-state index in [4.69, 9.17) is 19.9 Å². The molecule has 4 aromatic heterocycles. The molecule has 0 unspecified atom stereocenters. The average molecular weight is 659 g/mol. The molecule has 50 heavy (non-hydrogen) atoms. The molecular weight excluding hydrogens is 617 g/mol. The zero-order valence-electron chi connectivity index (χ0n) is 30.0. The van der Waals surface area contributed by atoms with Crippen LogP contribution in [0, 0.1) is 55.4 Å². The fourth-order valence-corrected chi connectivity index (χ4v) is 7.36. The molecule has 0 spiro atoms. The molecule has 0 atom stereocenters. The highest BCUT2D eigenvalue weighted by Crippen LogP contribution is 2.56. The molecule has 0 radical (unpaired) electrons. The lowest BCUT2D eigenvalue weighted by atomic mass is 10.1. The number of hydrogen-bond donors (Lipinski definition) is 0. The molecule has 0 amide bonds. The van der Waals surface area contributed by atoms with Crippen molar-refractivity contribution in [3.63, 3.8) is 0 Å². The highest BCUT2D eigenvalue weighted by molar-refractivity contribution is 5.93. The topological polar surface area (TPSA) is 64.5 Å². The van der Waals surface area contributed by atoms with Crippen molar-refractivity contribution in [3.8, 4) is 0 Å². The first-order valence-electron chi connectivity index (χ1n) is 17.2. The van der Waals surface area contributed by atoms with Gasteiger partial charge >= 0.3 is 0 Å². The first-order chi connectivity index (χ1) is 24.1. The Morgan fingerprint density at radius 1 is 0.340 bits per heavy atom. The maximum absolute atomic E-state index is 5.19. The van der Waals surface area contributed by atoms with Gasteiger partial charge in [0.1, 0.15) is 23.3 Å². The standard InChI is InChI=1S/C42H42N8/c1-25-21-33-34(22-26(25)2)48(38-18-10-14-30(6)44-38)41(47(33)37-17-9-13-29(5)43-37)42-49(39-19-11-15-31(7)45-39)35-23-27(3)28(4)24-36(35)50(42)40-20-12-16-32(8)46-40/h9-24,41-42H,1-8H3. The number of fused-ring (bicyclic) bond motifs is 2. The molecule has 0 saturated heterocycles. The fourth-order valence-electron chi connectivity index (χ4n) is 7.36. The van der Waals surface area contributed by atoms with Crippen LogP contribution in [-0.4, -0.2) is 32.3 Å². The van der Waals surface area contributed by atoms with E-state index in [0.29, 0.717) is 0 Å². The van der Waals surface area contributed by atoms with Crippen molar-refractivity contribution in [3.05, 3.63) is 142 Å². The van der Waals surface area contributed by atoms with E-state index < -0.39 is 0 Å². The summed E-state index contributed by atoms with van der Waals surface area (Å²) in [6.45, 7) is 17.0. The van der Waals surface area contributed by atoms with Crippen LogP contribution in [0.4, 0.5) is 46.0 Å². The second-order valence-electron chi connectivity index (χ2n) is 13.7. The van der Waals surface area contributed by atoms with Gasteiger partial charge in [0.25, 0.3) is 0 Å². The number of hydrogen-bond acceptors (Lipinski definition) is 8. The molecule has 0 aliphatic carbocycles. The van der Waals surface area contributed by atoms with Crippen LogP contribution < -0.4 is 19.6 Å². The van der Waals surface area contributed by atoms with Gasteiger partial charge in [0, 0.05) is 22.8 Å². The zero-order valence-corrected chi connectivity index (χ0v) is 30.0. The molecule has 8 nitrogen and oxygen atoms in total. The largest absolute Gasteiger partial charge is 0.299 e. The van der Waals surface area contributed by atoms with Gasteiger partial charge in [-0.15, -0.1) is 0 Å². The summed E-state index contributed by atoms with van der Waals surface area (Å²) >= 11 is 0. The quantitative estimate of drug-likeness (QED) is 0.181. The van der Waals surface area contributed by atoms with Gasteiger partial charge in [-0.2, -0.15) is 0 Å². The van der Waals surface area contributed by atoms with Crippen LogP contribution in [0.5, 0.6) is 0 Å². The number of aromatic nitrogens is 4. The van der Waals surface area contributed by atoms with Crippen LogP contribution >= 0.6 is 0 Å². The van der Waals surface area contributed by atoms with E-state index in [0.717, 1.165) is 68.8 Å². The Hall–Kier alpha value is -5.76. The molecule has 0 N–H and O–H groups in total. The first-order valence-corrected chi connectivity index (χ1v) is 17.2. The summed E-state index contributed by atoms with van der Waals surface area (Å²) < 4.78 is 0. The number of benzene rings is 2. The Kier molecular flexibility index (Phi) is 7.55. The number of rotatable bonds is 5. The minimum Gasteiger partial charge on any atom is -0.299 e. The Balaban J connectivity index is 1.50. The Labute approximate surface area is 294 Å². The molecule has 6 heterocycles. The van der Waals surface area contributed by atoms with Gasteiger partial charge in [-0.3, -0.25) is 19.6 Å². The lowest BCUT2D eigenvalue weighted by Crippen LogP contribution is -2.58. The maximum atomic E-state index is 5.19. The average Bonchev–Trinajstić information content (AvgIpc) is 3.57. The summed E-state index contributed by atoms with van der Waals surface area (Å²) in [7, 11) is 0. The smallest absolute Gasteiger partial charge is 0.154 e. The molecule has 0 saturated carbocycles. The Morgan fingerprint density at radius 3 is 0.760 bits per heavy atom. The molecule has 0 fully saturated rings. The monoisotopic (exact) mass is 658 g/mol. The molecule has 2 aromatic carbocycles. The summed E-state index contributed by atoms with van der Waals surface area (Å²) in [6, 6.07) is 34.3. The van der Waals surface area contributed by atoms with Gasteiger partial charge in [0.05, 0.1) is 22.7 Å². The van der Waals surface area contributed by atoms with Crippen LogP contribution in [0.15, 0.2) is 97.1 Å². The van der Waals surface area contributed by atoms with Gasteiger partial charge < -0.3 is 0 Å². The molecule has 6 aromatic rings. The highest BCUT2D eigenvalue weighted by atomic mass is 15.6. The van der Waals surface area contributed by atoms with Crippen molar-refractivity contribution in [2.45, 2.75) is 67.7 Å². The van der Waals surface area contributed by atoms with E-state index >= 15 is 0 Å². The predicted molar refractivity (Wildman–Crippen MR) is 204 cm³/mol. The number of anilines is 8. The van der Waals surface area contributed by atoms with E-state index in [1.54, 1.807) is 0 Å². The third kappa shape index (κ3) is 5.14. The van der Waals surface area contributed by atoms with Crippen molar-refractivity contribution < 1.29 is 0 Å². The highest BCUT2D eigenvalue weighted by Gasteiger charge is 2.53. The molecule has 250 valence electrons. The van der Waals surface area contributed by atoms with Gasteiger partial charge in [-0.1, -0.05) is 24.3 Å². The lowest BCUT2D eigenvalue weighted by Gasteiger charge is -2.43. The zero-order chi connectivity index (χ0) is 34.8. The van der Waals surface area contributed by atoms with Crippen molar-refractivity contribution >= 4 is 46.0 Å². The van der Waals surface area contributed by atoms with Crippen molar-refractivity contribution in [2.75, 3.05) is 19.6 Å². The Morgan fingerprint density at radius 2 is 0.560 bits per heavy atom. The summed E-state index contributed by atoms with van der Waals surface area (Å²) in [4.78, 5) is 30.4. The van der Waals surface area contributed by atoms with E-state index in [1.807, 2.05) is 0 Å². The number of aryl methyl sites for hydroxylation is 8. The first kappa shape index (κ1) is 31.5. The van der Waals surface area contributed by atoms with Gasteiger partial charge in [-0.05, 0) is 150 Å². The number of pyridine rings is 4. The summed E-state index contributed by atoms with van der Waals surface area (Å²) in [5.41, 5.74) is 13.0. The number of nitrogens with zero attached hydrogens (tertiary/aromatic N) is 8. The van der Waals surface area contributed by atoms with Gasteiger partial charge in [-0.25, -0.2) is 19.9 Å². The summed E-state index contributed by atoms with van der Waals surface area (Å²) in [5.74, 6) is 3.47. The van der Waals surface area contributed by atoms with Gasteiger partial charge in [0.15, 0.2) is 12.3 Å². The maximum Gasteiger partial charge on any atom is 0.154 e. The molecule has 2 aliphatic rings. The predicted octanol–water partition coefficient (Wildman–Crippen LogP) is 9.67. The van der Waals surface area contributed by atoms with Gasteiger partial charge in [0.2, 0.25) is 0 Å². The van der Waals surface area contributed by atoms with Crippen molar-refractivity contribution in [1.29, 1.82) is 0 Å². The Bertz CT molecular complexity index is 1960. The van der Waals surface area contributed by atoms with Crippen LogP contribution in [0.3, 0.4) is 0 Å². The van der Waals surface area contributed by atoms with Crippen LogP contribution in [0.2, 0.25) is 0 Å². The third-order valence-electron chi connectivity index (χ3n) is 10.0. The van der Waals surface area contributed by atoms with Crippen molar-refractivity contribution in [2.24, 2.45) is 0 Å². The SMILES string of the molecule is Cc1cccc(N2c3cc(C)c(C)cc3N(c3cccc(C)n3)C2C2N(c3cccc(C)n3)c3cc(C)c(C)cc3N2c2cccc(C)n2)n1. The molecular formula is C42H42N8. The van der Waals surface area contributed by atoms with Crippen molar-refractivity contribution in [1.82, 2.24) is 19.9 Å². The van der Waals surface area contributed by atoms with Crippen LogP contribution in [-0.2, 0) is 0 Å². The second kappa shape index (κ2) is 12.0. The lowest BCUT2D eigenvalue weighted by molar-refractivity contribution is 0.539. The summed E-state index contributed by atoms with van der Waals surface area (Å²) in [5, 5.41) is 0. The van der Waals surface area contributed by atoms with E-state index in [9.17, 15) is 0 Å². The molecule has 0 bridgehead atoms. The van der Waals surface area contributed by atoms with Crippen LogP contribution in [0.25, 0.3) is 0 Å². The molecule has 2 aliphatic heterocycles. The van der Waals surface area contributed by atoms with E-state index in [1.165, 1.54) is 22.3 Å². The van der Waals surface area contributed by atoms with Crippen LogP contribution in [0.1, 0.15) is 45.0 Å². The molecule has 8 rings (SSSR count). The molecule has 8 heteroatoms. The second-order valence-corrected chi connectivity index (χ2v) is 13.7. The van der Waals surface area contributed by atoms with E-state index in [2.05, 4.69) is 172 Å². The minimum atomic E-state index is -0.368. The summed E-state index contributed by atoms with van der Waals surface area (Å²) in [6.07, 6.45) is -0.736. The normalized spacial score (nSPS) is 14.5. The minimum absolute atomic E-state index is 0.368.